The van der Waals surface area contributed by atoms with Gasteiger partial charge in [-0.3, -0.25) is 0 Å². The summed E-state index contributed by atoms with van der Waals surface area (Å²) in [5, 5.41) is 4.93. The van der Waals surface area contributed by atoms with Crippen molar-refractivity contribution in [3.8, 4) is 5.69 Å². The van der Waals surface area contributed by atoms with Crippen molar-refractivity contribution in [1.29, 1.82) is 0 Å². The van der Waals surface area contributed by atoms with Gasteiger partial charge in [-0.05, 0) is 40.5 Å². The Bertz CT molecular complexity index is 465. The highest BCUT2D eigenvalue weighted by Gasteiger charge is 2.01. The third-order valence-electron chi connectivity index (χ3n) is 1.97. The number of aryl methyl sites for hydroxylation is 1. The lowest BCUT2D eigenvalue weighted by atomic mass is 10.2. The molecule has 0 saturated carbocycles. The molecule has 0 aliphatic rings. The van der Waals surface area contributed by atoms with Crippen molar-refractivity contribution in [1.82, 2.24) is 9.78 Å². The Hall–Kier alpha value is -0.800. The largest absolute Gasteiger partial charge is 0.240 e. The minimum Gasteiger partial charge on any atom is -0.240 e. The topological polar surface area (TPSA) is 17.8 Å². The zero-order chi connectivity index (χ0) is 10.1. The van der Waals surface area contributed by atoms with E-state index < -0.39 is 0 Å². The van der Waals surface area contributed by atoms with Gasteiger partial charge in [-0.15, -0.1) is 0 Å². The van der Waals surface area contributed by atoms with E-state index in [0.717, 1.165) is 20.7 Å². The van der Waals surface area contributed by atoms with Gasteiger partial charge < -0.3 is 0 Å². The summed E-state index contributed by atoms with van der Waals surface area (Å²) in [5.41, 5.74) is 2.04. The van der Waals surface area contributed by atoms with E-state index in [1.165, 1.54) is 0 Å². The Morgan fingerprint density at radius 2 is 2.21 bits per heavy atom. The van der Waals surface area contributed by atoms with Gasteiger partial charge in [0.1, 0.15) is 0 Å². The molecule has 1 heterocycles. The van der Waals surface area contributed by atoms with Crippen LogP contribution >= 0.6 is 27.5 Å². The first-order chi connectivity index (χ1) is 6.66. The summed E-state index contributed by atoms with van der Waals surface area (Å²) in [5.74, 6) is 0. The number of hydrogen-bond acceptors (Lipinski definition) is 1. The molecule has 2 nitrogen and oxygen atoms in total. The number of benzene rings is 1. The van der Waals surface area contributed by atoms with Gasteiger partial charge in [0.2, 0.25) is 0 Å². The smallest absolute Gasteiger partial charge is 0.0661 e. The molecule has 1 aromatic carbocycles. The van der Waals surface area contributed by atoms with Crippen LogP contribution in [0.2, 0.25) is 5.02 Å². The van der Waals surface area contributed by atoms with E-state index in [9.17, 15) is 0 Å². The van der Waals surface area contributed by atoms with E-state index in [0.29, 0.717) is 0 Å². The lowest BCUT2D eigenvalue weighted by molar-refractivity contribution is 0.880. The SMILES string of the molecule is Cc1ccc(-n2cc(Br)cn2)cc1Cl. The Morgan fingerprint density at radius 3 is 2.79 bits per heavy atom. The number of nitrogens with zero attached hydrogens (tertiary/aromatic N) is 2. The molecular formula is C10H8BrClN2. The molecule has 72 valence electrons. The molecule has 0 bridgehead atoms. The number of rotatable bonds is 1. The Morgan fingerprint density at radius 1 is 1.43 bits per heavy atom. The van der Waals surface area contributed by atoms with Crippen LogP contribution in [-0.2, 0) is 0 Å². The molecule has 0 atom stereocenters. The number of aromatic nitrogens is 2. The first kappa shape index (κ1) is 9.74. The molecule has 0 aliphatic heterocycles. The minimum absolute atomic E-state index is 0.758. The minimum atomic E-state index is 0.758. The molecular weight excluding hydrogens is 263 g/mol. The van der Waals surface area contributed by atoms with E-state index >= 15 is 0 Å². The fourth-order valence-electron chi connectivity index (χ4n) is 1.17. The van der Waals surface area contributed by atoms with Crippen LogP contribution in [0.25, 0.3) is 5.69 Å². The summed E-state index contributed by atoms with van der Waals surface area (Å²) in [6.07, 6.45) is 3.63. The molecule has 0 unspecified atom stereocenters. The van der Waals surface area contributed by atoms with Crippen LogP contribution in [0, 0.1) is 6.92 Å². The Balaban J connectivity index is 2.47. The van der Waals surface area contributed by atoms with E-state index in [2.05, 4.69) is 21.0 Å². The normalized spacial score (nSPS) is 10.5. The second kappa shape index (κ2) is 3.75. The summed E-state index contributed by atoms with van der Waals surface area (Å²) < 4.78 is 2.73. The zero-order valence-electron chi connectivity index (χ0n) is 7.54. The zero-order valence-corrected chi connectivity index (χ0v) is 9.88. The highest BCUT2D eigenvalue weighted by Crippen LogP contribution is 2.20. The second-order valence-electron chi connectivity index (χ2n) is 3.04. The lowest BCUT2D eigenvalue weighted by Crippen LogP contribution is -1.93. The van der Waals surface area contributed by atoms with Crippen LogP contribution in [0.4, 0.5) is 0 Å². The fraction of sp³-hybridized carbons (Fsp3) is 0.100. The Labute approximate surface area is 95.6 Å². The van der Waals surface area contributed by atoms with Crippen molar-refractivity contribution in [2.45, 2.75) is 6.92 Å². The molecule has 0 N–H and O–H groups in total. The van der Waals surface area contributed by atoms with Gasteiger partial charge in [0.15, 0.2) is 0 Å². The first-order valence-electron chi connectivity index (χ1n) is 4.13. The average Bonchev–Trinajstić information content (AvgIpc) is 2.57. The lowest BCUT2D eigenvalue weighted by Gasteiger charge is -2.03. The summed E-state index contributed by atoms with van der Waals surface area (Å²) in [6, 6.07) is 5.87. The molecule has 0 saturated heterocycles. The molecule has 2 rings (SSSR count). The van der Waals surface area contributed by atoms with Crippen molar-refractivity contribution in [2.24, 2.45) is 0 Å². The first-order valence-corrected chi connectivity index (χ1v) is 5.30. The van der Waals surface area contributed by atoms with Crippen LogP contribution in [0.5, 0.6) is 0 Å². The maximum Gasteiger partial charge on any atom is 0.0661 e. The predicted molar refractivity (Wildman–Crippen MR) is 61.0 cm³/mol. The van der Waals surface area contributed by atoms with Crippen LogP contribution < -0.4 is 0 Å². The molecule has 0 fully saturated rings. The quantitative estimate of drug-likeness (QED) is 0.775. The summed E-state index contributed by atoms with van der Waals surface area (Å²) in [4.78, 5) is 0. The number of halogens is 2. The summed E-state index contributed by atoms with van der Waals surface area (Å²) >= 11 is 9.36. The molecule has 4 heteroatoms. The van der Waals surface area contributed by atoms with Crippen molar-refractivity contribution in [3.63, 3.8) is 0 Å². The van der Waals surface area contributed by atoms with Crippen LogP contribution in [0.15, 0.2) is 35.1 Å². The van der Waals surface area contributed by atoms with Crippen molar-refractivity contribution in [3.05, 3.63) is 45.7 Å². The molecule has 0 radical (unpaired) electrons. The van der Waals surface area contributed by atoms with Gasteiger partial charge in [0.05, 0.1) is 16.4 Å². The van der Waals surface area contributed by atoms with Crippen molar-refractivity contribution in [2.75, 3.05) is 0 Å². The van der Waals surface area contributed by atoms with Crippen molar-refractivity contribution >= 4 is 27.5 Å². The monoisotopic (exact) mass is 270 g/mol. The molecule has 2 aromatic rings. The van der Waals surface area contributed by atoms with Gasteiger partial charge in [-0.25, -0.2) is 4.68 Å². The Kier molecular flexibility index (Phi) is 2.61. The highest BCUT2D eigenvalue weighted by molar-refractivity contribution is 9.10. The third kappa shape index (κ3) is 1.83. The van der Waals surface area contributed by atoms with Crippen LogP contribution in [-0.4, -0.2) is 9.78 Å². The van der Waals surface area contributed by atoms with Crippen molar-refractivity contribution < 1.29 is 0 Å². The second-order valence-corrected chi connectivity index (χ2v) is 4.36. The number of hydrogen-bond donors (Lipinski definition) is 0. The third-order valence-corrected chi connectivity index (χ3v) is 2.79. The van der Waals surface area contributed by atoms with E-state index in [-0.39, 0.29) is 0 Å². The average molecular weight is 272 g/mol. The fourth-order valence-corrected chi connectivity index (χ4v) is 1.63. The molecule has 1 aromatic heterocycles. The van der Waals surface area contributed by atoms with Gasteiger partial charge in [0, 0.05) is 11.2 Å². The van der Waals surface area contributed by atoms with Gasteiger partial charge in [-0.1, -0.05) is 17.7 Å². The maximum absolute atomic E-state index is 6.02. The van der Waals surface area contributed by atoms with Gasteiger partial charge in [-0.2, -0.15) is 5.10 Å². The molecule has 14 heavy (non-hydrogen) atoms. The van der Waals surface area contributed by atoms with Gasteiger partial charge in [0.25, 0.3) is 0 Å². The van der Waals surface area contributed by atoms with Crippen LogP contribution in [0.3, 0.4) is 0 Å². The maximum atomic E-state index is 6.02. The summed E-state index contributed by atoms with van der Waals surface area (Å²) in [7, 11) is 0. The van der Waals surface area contributed by atoms with Gasteiger partial charge >= 0.3 is 0 Å². The summed E-state index contributed by atoms with van der Waals surface area (Å²) in [6.45, 7) is 1.98. The van der Waals surface area contributed by atoms with E-state index in [1.54, 1.807) is 10.9 Å². The highest BCUT2D eigenvalue weighted by atomic mass is 79.9. The van der Waals surface area contributed by atoms with Crippen LogP contribution in [0.1, 0.15) is 5.56 Å². The molecule has 0 amide bonds. The van der Waals surface area contributed by atoms with E-state index in [1.807, 2.05) is 31.3 Å². The molecule has 0 aliphatic carbocycles. The molecule has 0 spiro atoms. The standard InChI is InChI=1S/C10H8BrClN2/c1-7-2-3-9(4-10(7)12)14-6-8(11)5-13-14/h2-6H,1H3. The predicted octanol–water partition coefficient (Wildman–Crippen LogP) is 3.60. The van der Waals surface area contributed by atoms with E-state index in [4.69, 9.17) is 11.6 Å².